The van der Waals surface area contributed by atoms with Gasteiger partial charge in [0.2, 0.25) is 11.1 Å². The lowest BCUT2D eigenvalue weighted by Crippen LogP contribution is -2.31. The number of ether oxygens (including phenoxy) is 3. The number of benzene rings is 1. The molecule has 2 heterocycles. The van der Waals surface area contributed by atoms with E-state index in [0.717, 1.165) is 29.9 Å². The molecule has 4 rings (SSSR count). The summed E-state index contributed by atoms with van der Waals surface area (Å²) in [6, 6.07) is 3.20. The van der Waals surface area contributed by atoms with Crippen molar-refractivity contribution in [1.82, 2.24) is 14.8 Å². The van der Waals surface area contributed by atoms with Crippen LogP contribution in [0.2, 0.25) is 0 Å². The summed E-state index contributed by atoms with van der Waals surface area (Å²) >= 11 is 1.56. The number of fused-ring (bicyclic) bond motifs is 1. The van der Waals surface area contributed by atoms with Crippen LogP contribution in [0.5, 0.6) is 17.2 Å². The number of aromatic nitrogens is 3. The second kappa shape index (κ2) is 7.98. The molecule has 0 bridgehead atoms. The number of Topliss-reactive ketones (excluding diaryl/α,β-unsaturated/α-hetero) is 1. The number of nitrogens with one attached hydrogen (secondary N) is 1. The van der Waals surface area contributed by atoms with Gasteiger partial charge in [-0.2, -0.15) is 4.98 Å². The topological polar surface area (TPSA) is 87.5 Å². The number of rotatable bonds is 6. The average Bonchev–Trinajstić information content (AvgIpc) is 3.13. The number of thioether (sulfide) groups is 1. The minimum absolute atomic E-state index is 0.117. The standard InChI is InChI=1S/C20H24N4O4S/c1-5-29-20-22-19-21-12-7-6-8-13(25)17(12)18(24(19)23-20)11-9-15(27-3)16(28-4)10-14(11)26-2/h9-10,18H,5-8H2,1-4H3,(H,21,22,23)/t18-/m0/s1. The molecule has 0 saturated carbocycles. The van der Waals surface area contributed by atoms with Crippen molar-refractivity contribution in [3.05, 3.63) is 29.0 Å². The number of hydrogen-bond donors (Lipinski definition) is 1. The Hall–Kier alpha value is -2.68. The zero-order valence-electron chi connectivity index (χ0n) is 16.9. The first-order chi connectivity index (χ1) is 14.1. The minimum atomic E-state index is -0.442. The van der Waals surface area contributed by atoms with Gasteiger partial charge in [-0.3, -0.25) is 4.79 Å². The lowest BCUT2D eigenvalue weighted by atomic mass is 9.85. The van der Waals surface area contributed by atoms with Crippen LogP contribution in [0.1, 0.15) is 37.8 Å². The highest BCUT2D eigenvalue weighted by molar-refractivity contribution is 7.99. The first kappa shape index (κ1) is 19.6. The minimum Gasteiger partial charge on any atom is -0.496 e. The van der Waals surface area contributed by atoms with Crippen molar-refractivity contribution < 1.29 is 19.0 Å². The van der Waals surface area contributed by atoms with E-state index in [9.17, 15) is 4.79 Å². The second-order valence-corrected chi connectivity index (χ2v) is 7.97. The molecule has 2 aliphatic rings. The molecule has 0 unspecified atom stereocenters. The van der Waals surface area contributed by atoms with Gasteiger partial charge >= 0.3 is 0 Å². The normalized spacial score (nSPS) is 18.1. The van der Waals surface area contributed by atoms with Crippen LogP contribution in [0.3, 0.4) is 0 Å². The van der Waals surface area contributed by atoms with Gasteiger partial charge in [0.15, 0.2) is 17.3 Å². The maximum absolute atomic E-state index is 13.0. The van der Waals surface area contributed by atoms with E-state index in [4.69, 9.17) is 14.2 Å². The molecule has 1 aromatic carbocycles. The third-order valence-corrected chi connectivity index (χ3v) is 5.87. The molecule has 0 amide bonds. The van der Waals surface area contributed by atoms with E-state index in [0.29, 0.717) is 40.3 Å². The van der Waals surface area contributed by atoms with Crippen molar-refractivity contribution in [2.45, 2.75) is 37.4 Å². The van der Waals surface area contributed by atoms with Gasteiger partial charge in [0.1, 0.15) is 11.8 Å². The van der Waals surface area contributed by atoms with Crippen LogP contribution in [-0.4, -0.2) is 47.6 Å². The zero-order chi connectivity index (χ0) is 20.5. The molecule has 9 heteroatoms. The van der Waals surface area contributed by atoms with Crippen LogP contribution in [0.4, 0.5) is 5.95 Å². The Morgan fingerprint density at radius 3 is 2.55 bits per heavy atom. The van der Waals surface area contributed by atoms with Crippen molar-refractivity contribution in [2.75, 3.05) is 32.4 Å². The fourth-order valence-corrected chi connectivity index (χ4v) is 4.44. The molecule has 1 aromatic heterocycles. The summed E-state index contributed by atoms with van der Waals surface area (Å²) in [7, 11) is 4.77. The summed E-state index contributed by atoms with van der Waals surface area (Å²) in [5.41, 5.74) is 2.41. The predicted molar refractivity (Wildman–Crippen MR) is 110 cm³/mol. The van der Waals surface area contributed by atoms with Gasteiger partial charge in [0.25, 0.3) is 0 Å². The van der Waals surface area contributed by atoms with Crippen LogP contribution in [0.25, 0.3) is 0 Å². The number of hydrogen-bond acceptors (Lipinski definition) is 8. The second-order valence-electron chi connectivity index (χ2n) is 6.74. The molecule has 1 N–H and O–H groups in total. The Kier molecular flexibility index (Phi) is 5.40. The number of nitrogens with zero attached hydrogens (tertiary/aromatic N) is 3. The maximum Gasteiger partial charge on any atom is 0.227 e. The Balaban J connectivity index is 1.94. The highest BCUT2D eigenvalue weighted by atomic mass is 32.2. The number of methoxy groups -OCH3 is 3. The molecule has 0 saturated heterocycles. The van der Waals surface area contributed by atoms with Crippen LogP contribution >= 0.6 is 11.8 Å². The van der Waals surface area contributed by atoms with Crippen molar-refractivity contribution >= 4 is 23.5 Å². The number of ketones is 1. The van der Waals surface area contributed by atoms with E-state index in [-0.39, 0.29) is 5.78 Å². The molecule has 1 atom stereocenters. The summed E-state index contributed by atoms with van der Waals surface area (Å²) in [5.74, 6) is 3.35. The molecular weight excluding hydrogens is 392 g/mol. The lowest BCUT2D eigenvalue weighted by molar-refractivity contribution is -0.116. The van der Waals surface area contributed by atoms with E-state index in [1.165, 1.54) is 0 Å². The van der Waals surface area contributed by atoms with E-state index in [1.807, 2.05) is 6.07 Å². The summed E-state index contributed by atoms with van der Waals surface area (Å²) in [6.07, 6.45) is 2.15. The van der Waals surface area contributed by atoms with Gasteiger partial charge in [-0.1, -0.05) is 18.7 Å². The zero-order valence-corrected chi connectivity index (χ0v) is 17.8. The molecule has 1 aliphatic heterocycles. The van der Waals surface area contributed by atoms with E-state index in [2.05, 4.69) is 22.3 Å². The molecule has 154 valence electrons. The Labute approximate surface area is 173 Å². The van der Waals surface area contributed by atoms with Gasteiger partial charge in [-0.25, -0.2) is 4.68 Å². The number of anilines is 1. The fourth-order valence-electron chi connectivity index (χ4n) is 3.88. The molecule has 29 heavy (non-hydrogen) atoms. The van der Waals surface area contributed by atoms with Crippen LogP contribution in [0, 0.1) is 0 Å². The van der Waals surface area contributed by atoms with E-state index >= 15 is 0 Å². The van der Waals surface area contributed by atoms with Crippen molar-refractivity contribution in [1.29, 1.82) is 0 Å². The largest absolute Gasteiger partial charge is 0.496 e. The first-order valence-electron chi connectivity index (χ1n) is 9.53. The number of allylic oxidation sites excluding steroid dienone is 2. The van der Waals surface area contributed by atoms with Gasteiger partial charge in [-0.15, -0.1) is 5.10 Å². The summed E-state index contributed by atoms with van der Waals surface area (Å²) < 4.78 is 18.4. The smallest absolute Gasteiger partial charge is 0.227 e. The maximum atomic E-state index is 13.0. The SMILES string of the molecule is CCSc1nc2n(n1)[C@@H](c1cc(OC)c(OC)cc1OC)C1=C(CCCC1=O)N2. The molecular formula is C20H24N4O4S. The van der Waals surface area contributed by atoms with Gasteiger partial charge in [0, 0.05) is 29.3 Å². The number of carbonyl (C=O) groups excluding carboxylic acids is 1. The predicted octanol–water partition coefficient (Wildman–Crippen LogP) is 3.44. The van der Waals surface area contributed by atoms with Crippen LogP contribution in [-0.2, 0) is 4.79 Å². The molecule has 8 nitrogen and oxygen atoms in total. The quantitative estimate of drug-likeness (QED) is 0.717. The first-order valence-corrected chi connectivity index (χ1v) is 10.5. The summed E-state index contributed by atoms with van der Waals surface area (Å²) in [4.78, 5) is 17.6. The van der Waals surface area contributed by atoms with E-state index < -0.39 is 6.04 Å². The monoisotopic (exact) mass is 416 g/mol. The highest BCUT2D eigenvalue weighted by Gasteiger charge is 2.38. The van der Waals surface area contributed by atoms with Crippen LogP contribution in [0.15, 0.2) is 28.6 Å². The van der Waals surface area contributed by atoms with Crippen molar-refractivity contribution in [3.63, 3.8) is 0 Å². The molecule has 0 fully saturated rings. The molecule has 1 aliphatic carbocycles. The van der Waals surface area contributed by atoms with Gasteiger partial charge in [-0.05, 0) is 24.7 Å². The molecule has 2 aromatic rings. The number of carbonyl (C=O) groups is 1. The lowest BCUT2D eigenvalue weighted by Gasteiger charge is -2.33. The fraction of sp³-hybridized carbons (Fsp3) is 0.450. The Bertz CT molecular complexity index is 985. The van der Waals surface area contributed by atoms with Gasteiger partial charge < -0.3 is 19.5 Å². The Morgan fingerprint density at radius 1 is 1.14 bits per heavy atom. The molecule has 0 spiro atoms. The average molecular weight is 417 g/mol. The summed E-state index contributed by atoms with van der Waals surface area (Å²) in [6.45, 7) is 2.06. The molecule has 0 radical (unpaired) electrons. The van der Waals surface area contributed by atoms with Crippen molar-refractivity contribution in [2.24, 2.45) is 0 Å². The third-order valence-electron chi connectivity index (χ3n) is 5.15. The van der Waals surface area contributed by atoms with Gasteiger partial charge in [0.05, 0.1) is 21.3 Å². The van der Waals surface area contributed by atoms with Crippen LogP contribution < -0.4 is 19.5 Å². The Morgan fingerprint density at radius 2 is 1.86 bits per heavy atom. The third kappa shape index (κ3) is 3.33. The highest BCUT2D eigenvalue weighted by Crippen LogP contribution is 2.46. The summed E-state index contributed by atoms with van der Waals surface area (Å²) in [5, 5.41) is 8.70. The van der Waals surface area contributed by atoms with Crippen molar-refractivity contribution in [3.8, 4) is 17.2 Å². The van der Waals surface area contributed by atoms with E-state index in [1.54, 1.807) is 43.8 Å².